The van der Waals surface area contributed by atoms with Crippen LogP contribution in [0, 0.1) is 0 Å². The number of urea groups is 1. The lowest BCUT2D eigenvalue weighted by molar-refractivity contribution is -0.117. The number of nitrogens with zero attached hydrogens (tertiary/aromatic N) is 1. The Hall–Kier alpha value is -2.94. The molecule has 3 N–H and O–H groups in total. The predicted octanol–water partition coefficient (Wildman–Crippen LogP) is 2.28. The van der Waals surface area contributed by atoms with Crippen molar-refractivity contribution in [1.29, 1.82) is 0 Å². The zero-order valence-corrected chi connectivity index (χ0v) is 14.2. The Morgan fingerprint density at radius 1 is 1.36 bits per heavy atom. The summed E-state index contributed by atoms with van der Waals surface area (Å²) >= 11 is 1.21. The van der Waals surface area contributed by atoms with Crippen LogP contribution in [0.2, 0.25) is 0 Å². The Balaban J connectivity index is 1.47. The van der Waals surface area contributed by atoms with E-state index in [4.69, 9.17) is 9.15 Å². The molecule has 3 aromatic rings. The summed E-state index contributed by atoms with van der Waals surface area (Å²) < 4.78 is 10.2. The third-order valence-electron chi connectivity index (χ3n) is 3.26. The van der Waals surface area contributed by atoms with E-state index in [1.165, 1.54) is 18.0 Å². The Morgan fingerprint density at radius 2 is 2.24 bits per heavy atom. The van der Waals surface area contributed by atoms with Crippen LogP contribution in [-0.4, -0.2) is 34.8 Å². The van der Waals surface area contributed by atoms with Crippen molar-refractivity contribution in [2.45, 2.75) is 11.7 Å². The minimum absolute atomic E-state index is 0.0606. The number of ether oxygens (including phenoxy) is 1. The van der Waals surface area contributed by atoms with Gasteiger partial charge in [-0.2, -0.15) is 0 Å². The maximum atomic E-state index is 11.8. The minimum Gasteiger partial charge on any atom is -0.497 e. The molecule has 0 fully saturated rings. The smallest absolute Gasteiger partial charge is 0.321 e. The van der Waals surface area contributed by atoms with Gasteiger partial charge in [-0.1, -0.05) is 11.8 Å². The minimum atomic E-state index is -0.573. The number of H-pyrrole nitrogens is 1. The fourth-order valence-corrected chi connectivity index (χ4v) is 2.77. The highest BCUT2D eigenvalue weighted by atomic mass is 32.2. The average Bonchev–Trinajstić information content (AvgIpc) is 3.26. The van der Waals surface area contributed by atoms with Gasteiger partial charge in [0, 0.05) is 6.07 Å². The molecule has 3 amide bonds. The number of imidazole rings is 1. The number of rotatable bonds is 6. The fraction of sp³-hybridized carbons (Fsp3) is 0.188. The van der Waals surface area contributed by atoms with E-state index in [2.05, 4.69) is 20.6 Å². The van der Waals surface area contributed by atoms with Crippen LogP contribution in [0.3, 0.4) is 0 Å². The Kier molecular flexibility index (Phi) is 5.24. The number of hydrogen-bond donors (Lipinski definition) is 3. The molecule has 0 radical (unpaired) electrons. The molecule has 25 heavy (non-hydrogen) atoms. The first-order valence-corrected chi connectivity index (χ1v) is 8.39. The van der Waals surface area contributed by atoms with Crippen molar-refractivity contribution in [3.63, 3.8) is 0 Å². The molecule has 0 aliphatic carbocycles. The first-order valence-electron chi connectivity index (χ1n) is 7.40. The Morgan fingerprint density at radius 3 is 3.00 bits per heavy atom. The quantitative estimate of drug-likeness (QED) is 0.582. The van der Waals surface area contributed by atoms with Crippen LogP contribution in [0.1, 0.15) is 5.76 Å². The average molecular weight is 360 g/mol. The number of aromatic amines is 1. The number of imide groups is 1. The van der Waals surface area contributed by atoms with Crippen LogP contribution >= 0.6 is 11.8 Å². The highest BCUT2D eigenvalue weighted by molar-refractivity contribution is 7.99. The third kappa shape index (κ3) is 4.54. The summed E-state index contributed by atoms with van der Waals surface area (Å²) in [5.74, 6) is 0.971. The number of hydrogen-bond acceptors (Lipinski definition) is 6. The molecule has 9 heteroatoms. The van der Waals surface area contributed by atoms with Crippen LogP contribution in [-0.2, 0) is 11.3 Å². The van der Waals surface area contributed by atoms with Crippen molar-refractivity contribution < 1.29 is 18.7 Å². The zero-order chi connectivity index (χ0) is 17.6. The summed E-state index contributed by atoms with van der Waals surface area (Å²) in [5, 5.41) is 5.38. The lowest BCUT2D eigenvalue weighted by Gasteiger charge is -2.04. The lowest BCUT2D eigenvalue weighted by Crippen LogP contribution is -2.39. The van der Waals surface area contributed by atoms with Crippen molar-refractivity contribution in [3.8, 4) is 5.75 Å². The number of carbonyl (C=O) groups excluding carboxylic acids is 2. The number of furan rings is 1. The maximum absolute atomic E-state index is 11.8. The van der Waals surface area contributed by atoms with E-state index < -0.39 is 11.9 Å². The van der Waals surface area contributed by atoms with E-state index in [9.17, 15) is 9.59 Å². The van der Waals surface area contributed by atoms with Crippen molar-refractivity contribution in [3.05, 3.63) is 42.4 Å². The monoisotopic (exact) mass is 360 g/mol. The molecule has 3 rings (SSSR count). The van der Waals surface area contributed by atoms with Crippen molar-refractivity contribution in [1.82, 2.24) is 20.6 Å². The van der Waals surface area contributed by atoms with Crippen molar-refractivity contribution in [2.75, 3.05) is 12.9 Å². The summed E-state index contributed by atoms with van der Waals surface area (Å²) in [4.78, 5) is 30.9. The molecule has 1 aromatic carbocycles. The van der Waals surface area contributed by atoms with E-state index in [0.717, 1.165) is 16.8 Å². The molecule has 0 saturated heterocycles. The molecular formula is C16H16N4O4S. The molecule has 0 bridgehead atoms. The first kappa shape index (κ1) is 16.9. The van der Waals surface area contributed by atoms with Gasteiger partial charge in [0.25, 0.3) is 0 Å². The van der Waals surface area contributed by atoms with Crippen LogP contribution in [0.15, 0.2) is 46.2 Å². The number of thioether (sulfide) groups is 1. The second-order valence-electron chi connectivity index (χ2n) is 5.02. The van der Waals surface area contributed by atoms with Gasteiger partial charge in [-0.3, -0.25) is 10.1 Å². The molecule has 2 aromatic heterocycles. The second kappa shape index (κ2) is 7.75. The summed E-state index contributed by atoms with van der Waals surface area (Å²) in [6, 6.07) is 8.35. The van der Waals surface area contributed by atoms with E-state index in [0.29, 0.717) is 10.9 Å². The summed E-state index contributed by atoms with van der Waals surface area (Å²) in [6.45, 7) is 0.213. The molecule has 0 unspecified atom stereocenters. The molecule has 2 heterocycles. The number of methoxy groups -OCH3 is 1. The summed E-state index contributed by atoms with van der Waals surface area (Å²) in [6.07, 6.45) is 1.51. The van der Waals surface area contributed by atoms with Gasteiger partial charge in [0.1, 0.15) is 11.5 Å². The van der Waals surface area contributed by atoms with Gasteiger partial charge < -0.3 is 19.5 Å². The van der Waals surface area contributed by atoms with Gasteiger partial charge in [0.2, 0.25) is 5.91 Å². The van der Waals surface area contributed by atoms with Crippen LogP contribution in [0.5, 0.6) is 5.75 Å². The molecule has 8 nitrogen and oxygen atoms in total. The first-order chi connectivity index (χ1) is 12.1. The number of nitrogens with one attached hydrogen (secondary N) is 3. The summed E-state index contributed by atoms with van der Waals surface area (Å²) in [5.41, 5.74) is 1.60. The van der Waals surface area contributed by atoms with Crippen LogP contribution in [0.4, 0.5) is 4.79 Å². The van der Waals surface area contributed by atoms with E-state index in [1.807, 2.05) is 18.2 Å². The Bertz CT molecular complexity index is 876. The van der Waals surface area contributed by atoms with Crippen molar-refractivity contribution >= 4 is 34.7 Å². The SMILES string of the molecule is COc1ccc2nc(SCC(=O)NC(=O)NCc3ccco3)[nH]c2c1. The molecule has 0 saturated carbocycles. The van der Waals surface area contributed by atoms with Crippen LogP contribution in [0.25, 0.3) is 11.0 Å². The summed E-state index contributed by atoms with van der Waals surface area (Å²) in [7, 11) is 1.59. The molecule has 0 aliphatic rings. The normalized spacial score (nSPS) is 10.6. The second-order valence-corrected chi connectivity index (χ2v) is 5.99. The van der Waals surface area contributed by atoms with E-state index >= 15 is 0 Å². The molecular weight excluding hydrogens is 344 g/mol. The molecule has 130 valence electrons. The molecule has 0 aliphatic heterocycles. The maximum Gasteiger partial charge on any atom is 0.321 e. The lowest BCUT2D eigenvalue weighted by atomic mass is 10.3. The highest BCUT2D eigenvalue weighted by Crippen LogP contribution is 2.22. The van der Waals surface area contributed by atoms with Gasteiger partial charge in [-0.05, 0) is 24.3 Å². The largest absolute Gasteiger partial charge is 0.497 e. The standard InChI is InChI=1S/C16H16N4O4S/c1-23-10-4-5-12-13(7-10)19-16(18-12)25-9-14(21)20-15(22)17-8-11-3-2-6-24-11/h2-7H,8-9H2,1H3,(H,18,19)(H2,17,20,21,22). The third-order valence-corrected chi connectivity index (χ3v) is 4.14. The Labute approximate surface area is 147 Å². The van der Waals surface area contributed by atoms with Gasteiger partial charge in [0.05, 0.1) is 36.7 Å². The van der Waals surface area contributed by atoms with E-state index in [-0.39, 0.29) is 12.3 Å². The van der Waals surface area contributed by atoms with Gasteiger partial charge in [-0.15, -0.1) is 0 Å². The topological polar surface area (TPSA) is 109 Å². The number of amides is 3. The van der Waals surface area contributed by atoms with Crippen molar-refractivity contribution in [2.24, 2.45) is 0 Å². The van der Waals surface area contributed by atoms with Crippen LogP contribution < -0.4 is 15.4 Å². The highest BCUT2D eigenvalue weighted by Gasteiger charge is 2.11. The van der Waals surface area contributed by atoms with Gasteiger partial charge >= 0.3 is 6.03 Å². The zero-order valence-electron chi connectivity index (χ0n) is 13.4. The number of benzene rings is 1. The predicted molar refractivity (Wildman–Crippen MR) is 92.5 cm³/mol. The fourth-order valence-electron chi connectivity index (χ4n) is 2.08. The number of aromatic nitrogens is 2. The molecule has 0 atom stereocenters. The van der Waals surface area contributed by atoms with E-state index in [1.54, 1.807) is 19.2 Å². The van der Waals surface area contributed by atoms with Gasteiger partial charge in [0.15, 0.2) is 5.16 Å². The molecule has 0 spiro atoms. The number of fused-ring (bicyclic) bond motifs is 1. The van der Waals surface area contributed by atoms with Gasteiger partial charge in [-0.25, -0.2) is 9.78 Å². The number of carbonyl (C=O) groups is 2.